The van der Waals surface area contributed by atoms with Gasteiger partial charge in [0.2, 0.25) is 12.6 Å². The Labute approximate surface area is 214 Å². The van der Waals surface area contributed by atoms with Gasteiger partial charge in [-0.25, -0.2) is 9.59 Å². The van der Waals surface area contributed by atoms with E-state index in [-0.39, 0.29) is 0 Å². The Morgan fingerprint density at radius 2 is 1.24 bits per heavy atom. The Morgan fingerprint density at radius 3 is 1.65 bits per heavy atom. The molecule has 0 radical (unpaired) electrons. The van der Waals surface area contributed by atoms with Gasteiger partial charge in [-0.15, -0.1) is 0 Å². The van der Waals surface area contributed by atoms with Crippen LogP contribution in [0.2, 0.25) is 0 Å². The summed E-state index contributed by atoms with van der Waals surface area (Å²) in [5, 5.41) is 0. The van der Waals surface area contributed by atoms with Crippen molar-refractivity contribution in [3.8, 4) is 23.0 Å². The number of ether oxygens (including phenoxy) is 6. The van der Waals surface area contributed by atoms with Gasteiger partial charge in [-0.1, -0.05) is 27.0 Å². The van der Waals surface area contributed by atoms with Crippen LogP contribution < -0.4 is 18.9 Å². The average Bonchev–Trinajstić information content (AvgIpc) is 2.85. The lowest BCUT2D eigenvalue weighted by molar-refractivity contribution is -0.159. The Bertz CT molecular complexity index is 1250. The number of hydrogen-bond donors (Lipinski definition) is 0. The number of rotatable bonds is 6. The number of carbonyl (C=O) groups is 2. The zero-order chi connectivity index (χ0) is 25.9. The van der Waals surface area contributed by atoms with Crippen molar-refractivity contribution in [2.75, 3.05) is 13.2 Å². The summed E-state index contributed by atoms with van der Waals surface area (Å²) in [6.07, 6.45) is 2.94. The highest BCUT2D eigenvalue weighted by atomic mass is 16.7. The molecular formula is C29H28O8. The minimum absolute atomic E-state index is 0.416. The summed E-state index contributed by atoms with van der Waals surface area (Å²) in [6, 6.07) is 4.03. The summed E-state index contributed by atoms with van der Waals surface area (Å²) in [5.41, 5.74) is 5.29. The molecule has 0 aliphatic carbocycles. The van der Waals surface area contributed by atoms with Gasteiger partial charge in [-0.3, -0.25) is 0 Å². The first-order valence-electron chi connectivity index (χ1n) is 12.4. The molecule has 8 heteroatoms. The molecule has 6 rings (SSSR count). The van der Waals surface area contributed by atoms with E-state index >= 15 is 0 Å². The first-order valence-corrected chi connectivity index (χ1v) is 12.4. The summed E-state index contributed by atoms with van der Waals surface area (Å²) in [5.74, 6) is 1.84. The molecule has 0 N–H and O–H groups in total. The van der Waals surface area contributed by atoms with Gasteiger partial charge < -0.3 is 28.4 Å². The van der Waals surface area contributed by atoms with Crippen LogP contribution in [-0.4, -0.2) is 37.7 Å². The van der Waals surface area contributed by atoms with Gasteiger partial charge in [0.05, 0.1) is 26.1 Å². The smallest absolute Gasteiger partial charge is 0.333 e. The molecule has 4 aliphatic rings. The van der Waals surface area contributed by atoms with Crippen LogP contribution in [-0.2, 0) is 50.2 Å². The molecular weight excluding hydrogens is 476 g/mol. The van der Waals surface area contributed by atoms with E-state index < -0.39 is 29.9 Å². The van der Waals surface area contributed by atoms with Crippen molar-refractivity contribution in [3.05, 3.63) is 70.8 Å². The fourth-order valence-electron chi connectivity index (χ4n) is 5.73. The van der Waals surface area contributed by atoms with E-state index in [4.69, 9.17) is 28.4 Å². The summed E-state index contributed by atoms with van der Waals surface area (Å²) in [6.45, 7) is 12.3. The quantitative estimate of drug-likeness (QED) is 0.433. The van der Waals surface area contributed by atoms with E-state index in [1.807, 2.05) is 12.1 Å². The first kappa shape index (κ1) is 23.5. The van der Waals surface area contributed by atoms with E-state index in [1.165, 1.54) is 0 Å². The van der Waals surface area contributed by atoms with Crippen LogP contribution in [0.25, 0.3) is 0 Å². The van der Waals surface area contributed by atoms with Crippen LogP contribution in [0.5, 0.6) is 23.0 Å². The maximum absolute atomic E-state index is 11.9. The summed E-state index contributed by atoms with van der Waals surface area (Å²) in [7, 11) is 0. The first-order chi connectivity index (χ1) is 17.8. The maximum Gasteiger partial charge on any atom is 0.333 e. The molecule has 2 aromatic carbocycles. The molecule has 0 spiro atoms. The monoisotopic (exact) mass is 504 g/mol. The van der Waals surface area contributed by atoms with Crippen molar-refractivity contribution >= 4 is 11.9 Å². The SMILES string of the molecule is C=CC(=O)OC1Cc2c3cc(C(C)(C)c4cc5c6c(c4OC(OC(=O)C=C)C6)CCO5)c(c2CCO3)O1. The minimum Gasteiger partial charge on any atom is -0.493 e. The standard InChI is InChI=1S/C29H28O8/c1-5-23(30)34-25-11-17-15-7-9-32-21(17)13-19(27(15)36-25)29(3,4)20-14-22-18-12-26(35-24(31)6-2)37-28(20)16(18)8-10-33-22/h5-6,13-14,25-26H,1-2,7-12H2,3-4H3. The number of esters is 2. The molecule has 2 aromatic rings. The molecule has 2 unspecified atom stereocenters. The van der Waals surface area contributed by atoms with Crippen LogP contribution in [0.1, 0.15) is 47.2 Å². The Morgan fingerprint density at radius 1 is 0.811 bits per heavy atom. The Kier molecular flexibility index (Phi) is 5.44. The van der Waals surface area contributed by atoms with Gasteiger partial charge in [0.1, 0.15) is 23.0 Å². The molecule has 0 amide bonds. The molecule has 0 fully saturated rings. The van der Waals surface area contributed by atoms with Crippen LogP contribution in [0.4, 0.5) is 0 Å². The third-order valence-corrected chi connectivity index (χ3v) is 7.55. The van der Waals surface area contributed by atoms with Crippen LogP contribution >= 0.6 is 0 Å². The van der Waals surface area contributed by atoms with Gasteiger partial charge in [0, 0.05) is 63.8 Å². The average molecular weight is 505 g/mol. The van der Waals surface area contributed by atoms with Crippen molar-refractivity contribution in [2.45, 2.75) is 57.5 Å². The van der Waals surface area contributed by atoms with Crippen molar-refractivity contribution in [2.24, 2.45) is 0 Å². The fraction of sp³-hybridized carbons (Fsp3) is 0.379. The second kappa shape index (κ2) is 8.57. The lowest BCUT2D eigenvalue weighted by Gasteiger charge is -2.40. The molecule has 4 aliphatic heterocycles. The highest BCUT2D eigenvalue weighted by molar-refractivity contribution is 5.82. The lowest BCUT2D eigenvalue weighted by atomic mass is 9.73. The van der Waals surface area contributed by atoms with E-state index in [0.29, 0.717) is 50.4 Å². The van der Waals surface area contributed by atoms with Gasteiger partial charge in [0.25, 0.3) is 0 Å². The van der Waals surface area contributed by atoms with Crippen molar-refractivity contribution in [3.63, 3.8) is 0 Å². The van der Waals surface area contributed by atoms with Gasteiger partial charge in [0.15, 0.2) is 0 Å². The second-order valence-corrected chi connectivity index (χ2v) is 10.0. The third kappa shape index (κ3) is 3.74. The molecule has 0 aromatic heterocycles. The van der Waals surface area contributed by atoms with Gasteiger partial charge in [-0.05, 0) is 12.1 Å². The van der Waals surface area contributed by atoms with Crippen molar-refractivity contribution in [1.82, 2.24) is 0 Å². The Hall–Kier alpha value is -3.94. The third-order valence-electron chi connectivity index (χ3n) is 7.55. The lowest BCUT2D eigenvalue weighted by Crippen LogP contribution is -2.37. The largest absolute Gasteiger partial charge is 0.493 e. The fourth-order valence-corrected chi connectivity index (χ4v) is 5.73. The normalized spacial score (nSPS) is 20.3. The highest BCUT2D eigenvalue weighted by Crippen LogP contribution is 2.53. The topological polar surface area (TPSA) is 89.5 Å². The molecule has 4 heterocycles. The van der Waals surface area contributed by atoms with Gasteiger partial charge in [-0.2, -0.15) is 0 Å². The van der Waals surface area contributed by atoms with E-state index in [9.17, 15) is 9.59 Å². The van der Waals surface area contributed by atoms with Crippen LogP contribution in [0.3, 0.4) is 0 Å². The molecule has 0 saturated carbocycles. The molecule has 2 atom stereocenters. The summed E-state index contributed by atoms with van der Waals surface area (Å²) < 4.78 is 35.7. The molecule has 0 saturated heterocycles. The zero-order valence-corrected chi connectivity index (χ0v) is 20.9. The predicted molar refractivity (Wildman–Crippen MR) is 132 cm³/mol. The van der Waals surface area contributed by atoms with Crippen molar-refractivity contribution in [1.29, 1.82) is 0 Å². The zero-order valence-electron chi connectivity index (χ0n) is 20.9. The second-order valence-electron chi connectivity index (χ2n) is 10.0. The van der Waals surface area contributed by atoms with E-state index in [0.717, 1.165) is 57.0 Å². The molecule has 8 bridgehead atoms. The van der Waals surface area contributed by atoms with Crippen molar-refractivity contribution < 1.29 is 38.0 Å². The minimum atomic E-state index is -0.775. The van der Waals surface area contributed by atoms with Crippen LogP contribution in [0.15, 0.2) is 37.4 Å². The predicted octanol–water partition coefficient (Wildman–Crippen LogP) is 3.86. The number of benzene rings is 2. The number of hydrogen-bond acceptors (Lipinski definition) is 8. The highest BCUT2D eigenvalue weighted by Gasteiger charge is 2.42. The molecule has 8 nitrogen and oxygen atoms in total. The van der Waals surface area contributed by atoms with E-state index in [1.54, 1.807) is 0 Å². The van der Waals surface area contributed by atoms with E-state index in [2.05, 4.69) is 27.0 Å². The molecule has 37 heavy (non-hydrogen) atoms. The summed E-state index contributed by atoms with van der Waals surface area (Å²) >= 11 is 0. The Balaban J connectivity index is 1.46. The number of carbonyl (C=O) groups excluding carboxylic acids is 2. The van der Waals surface area contributed by atoms with Gasteiger partial charge >= 0.3 is 11.9 Å². The molecule has 192 valence electrons. The maximum atomic E-state index is 11.9. The summed E-state index contributed by atoms with van der Waals surface area (Å²) in [4.78, 5) is 23.9. The van der Waals surface area contributed by atoms with Crippen LogP contribution in [0, 0.1) is 0 Å².